The lowest BCUT2D eigenvalue weighted by Gasteiger charge is -2.01. The molecule has 0 saturated carbocycles. The van der Waals surface area contributed by atoms with Gasteiger partial charge in [-0.3, -0.25) is 4.68 Å². The maximum Gasteiger partial charge on any atom is 0.164 e. The molecule has 0 aliphatic heterocycles. The van der Waals surface area contributed by atoms with Crippen molar-refractivity contribution in [1.29, 1.82) is 0 Å². The van der Waals surface area contributed by atoms with Crippen LogP contribution in [0.4, 0.5) is 0 Å². The maximum absolute atomic E-state index is 10.2. The molecule has 0 spiro atoms. The number of nitrogens with zero attached hydrogens (tertiary/aromatic N) is 2. The molecular weight excluding hydrogens is 224 g/mol. The summed E-state index contributed by atoms with van der Waals surface area (Å²) >= 11 is 0. The zero-order chi connectivity index (χ0) is 13.1. The third-order valence-corrected chi connectivity index (χ3v) is 3.22. The zero-order valence-electron chi connectivity index (χ0n) is 11.3. The Bertz CT molecular complexity index is 526. The van der Waals surface area contributed by atoms with Crippen molar-refractivity contribution in [2.45, 2.75) is 40.2 Å². The van der Waals surface area contributed by atoms with Gasteiger partial charge >= 0.3 is 0 Å². The molecule has 0 fully saturated rings. The van der Waals surface area contributed by atoms with Crippen molar-refractivity contribution in [2.75, 3.05) is 0 Å². The molecule has 0 aliphatic rings. The Balaban J connectivity index is 2.36. The summed E-state index contributed by atoms with van der Waals surface area (Å²) in [7, 11) is 0. The van der Waals surface area contributed by atoms with Crippen LogP contribution < -0.4 is 0 Å². The molecule has 0 saturated heterocycles. The Morgan fingerprint density at radius 3 is 2.44 bits per heavy atom. The van der Waals surface area contributed by atoms with Crippen molar-refractivity contribution >= 4 is 0 Å². The van der Waals surface area contributed by atoms with Crippen LogP contribution in [0, 0.1) is 13.8 Å². The van der Waals surface area contributed by atoms with Crippen molar-refractivity contribution in [3.8, 4) is 17.0 Å². The van der Waals surface area contributed by atoms with E-state index in [1.165, 1.54) is 5.56 Å². The lowest BCUT2D eigenvalue weighted by atomic mass is 10.1. The van der Waals surface area contributed by atoms with Crippen LogP contribution in [0.1, 0.15) is 31.0 Å². The summed E-state index contributed by atoms with van der Waals surface area (Å²) in [6.45, 7) is 6.98. The summed E-state index contributed by atoms with van der Waals surface area (Å²) in [5, 5.41) is 14.7. The molecule has 0 amide bonds. The second-order valence-corrected chi connectivity index (χ2v) is 4.73. The van der Waals surface area contributed by atoms with Gasteiger partial charge in [0.15, 0.2) is 5.75 Å². The Morgan fingerprint density at radius 1 is 1.17 bits per heavy atom. The molecule has 96 valence electrons. The summed E-state index contributed by atoms with van der Waals surface area (Å²) in [4.78, 5) is 0. The first-order chi connectivity index (χ1) is 8.63. The highest BCUT2D eigenvalue weighted by molar-refractivity contribution is 5.67. The molecule has 2 rings (SSSR count). The fraction of sp³-hybridized carbons (Fsp3) is 0.400. The van der Waals surface area contributed by atoms with E-state index in [0.29, 0.717) is 11.4 Å². The molecule has 3 heteroatoms. The molecule has 18 heavy (non-hydrogen) atoms. The highest BCUT2D eigenvalue weighted by atomic mass is 16.3. The number of aromatic hydroxyl groups is 1. The van der Waals surface area contributed by atoms with E-state index in [4.69, 9.17) is 0 Å². The van der Waals surface area contributed by atoms with Crippen molar-refractivity contribution < 1.29 is 5.11 Å². The predicted molar refractivity (Wildman–Crippen MR) is 73.7 cm³/mol. The van der Waals surface area contributed by atoms with Crippen molar-refractivity contribution in [3.63, 3.8) is 0 Å². The molecule has 0 atom stereocenters. The molecular formula is C15H20N2O. The number of rotatable bonds is 4. The van der Waals surface area contributed by atoms with Gasteiger partial charge in [0.05, 0.1) is 5.69 Å². The maximum atomic E-state index is 10.2. The number of benzene rings is 1. The number of aromatic nitrogens is 2. The SMILES string of the molecule is CCCCn1nc(-c2ccc(C)cc2)c(O)c1C. The number of aryl methyl sites for hydroxylation is 2. The molecule has 2 aromatic rings. The first-order valence-electron chi connectivity index (χ1n) is 6.47. The van der Waals surface area contributed by atoms with Crippen molar-refractivity contribution in [1.82, 2.24) is 9.78 Å². The summed E-state index contributed by atoms with van der Waals surface area (Å²) in [6.07, 6.45) is 2.20. The molecule has 0 radical (unpaired) electrons. The van der Waals surface area contributed by atoms with E-state index in [0.717, 1.165) is 30.6 Å². The Labute approximate surface area is 108 Å². The van der Waals surface area contributed by atoms with Gasteiger partial charge in [-0.2, -0.15) is 5.10 Å². The Morgan fingerprint density at radius 2 is 1.83 bits per heavy atom. The van der Waals surface area contributed by atoms with Gasteiger partial charge in [-0.1, -0.05) is 43.2 Å². The highest BCUT2D eigenvalue weighted by Gasteiger charge is 2.14. The van der Waals surface area contributed by atoms with Crippen LogP contribution in [0.25, 0.3) is 11.3 Å². The van der Waals surface area contributed by atoms with Crippen LogP contribution in [-0.2, 0) is 6.54 Å². The number of unbranched alkanes of at least 4 members (excludes halogenated alkanes) is 1. The fourth-order valence-corrected chi connectivity index (χ4v) is 1.97. The van der Waals surface area contributed by atoms with Gasteiger partial charge in [0, 0.05) is 12.1 Å². The number of hydrogen-bond acceptors (Lipinski definition) is 2. The molecule has 1 N–H and O–H groups in total. The molecule has 0 bridgehead atoms. The lowest BCUT2D eigenvalue weighted by Crippen LogP contribution is -2.01. The van der Waals surface area contributed by atoms with Gasteiger partial charge in [0.1, 0.15) is 5.69 Å². The first-order valence-corrected chi connectivity index (χ1v) is 6.47. The molecule has 1 aromatic heterocycles. The Kier molecular flexibility index (Phi) is 3.70. The largest absolute Gasteiger partial charge is 0.504 e. The van der Waals surface area contributed by atoms with Gasteiger partial charge in [-0.05, 0) is 20.3 Å². The van der Waals surface area contributed by atoms with E-state index in [-0.39, 0.29) is 0 Å². The van der Waals surface area contributed by atoms with E-state index in [2.05, 4.69) is 18.9 Å². The topological polar surface area (TPSA) is 38.0 Å². The smallest absolute Gasteiger partial charge is 0.164 e. The van der Waals surface area contributed by atoms with E-state index < -0.39 is 0 Å². The normalized spacial score (nSPS) is 10.8. The van der Waals surface area contributed by atoms with E-state index in [9.17, 15) is 5.11 Å². The molecule has 0 aliphatic carbocycles. The minimum atomic E-state index is 0.301. The molecule has 1 heterocycles. The minimum Gasteiger partial charge on any atom is -0.504 e. The standard InChI is InChI=1S/C15H20N2O/c1-4-5-10-17-12(3)15(18)14(16-17)13-8-6-11(2)7-9-13/h6-9,18H,4-5,10H2,1-3H3. The van der Waals surface area contributed by atoms with Crippen LogP contribution in [0.3, 0.4) is 0 Å². The Hall–Kier alpha value is -1.77. The van der Waals surface area contributed by atoms with Gasteiger partial charge < -0.3 is 5.11 Å². The van der Waals surface area contributed by atoms with Gasteiger partial charge in [0.2, 0.25) is 0 Å². The monoisotopic (exact) mass is 244 g/mol. The second kappa shape index (κ2) is 5.25. The second-order valence-electron chi connectivity index (χ2n) is 4.73. The van der Waals surface area contributed by atoms with E-state index >= 15 is 0 Å². The van der Waals surface area contributed by atoms with Gasteiger partial charge in [-0.15, -0.1) is 0 Å². The zero-order valence-corrected chi connectivity index (χ0v) is 11.3. The summed E-state index contributed by atoms with van der Waals surface area (Å²) in [5.74, 6) is 0.301. The van der Waals surface area contributed by atoms with Crippen molar-refractivity contribution in [2.24, 2.45) is 0 Å². The number of hydrogen-bond donors (Lipinski definition) is 1. The van der Waals surface area contributed by atoms with E-state index in [1.807, 2.05) is 35.9 Å². The summed E-state index contributed by atoms with van der Waals surface area (Å²) in [5.41, 5.74) is 3.71. The van der Waals surface area contributed by atoms with Crippen LogP contribution in [0.5, 0.6) is 5.75 Å². The molecule has 3 nitrogen and oxygen atoms in total. The highest BCUT2D eigenvalue weighted by Crippen LogP contribution is 2.31. The van der Waals surface area contributed by atoms with E-state index in [1.54, 1.807) is 0 Å². The van der Waals surface area contributed by atoms with Crippen molar-refractivity contribution in [3.05, 3.63) is 35.5 Å². The summed E-state index contributed by atoms with van der Waals surface area (Å²) < 4.78 is 1.90. The van der Waals surface area contributed by atoms with Crippen LogP contribution >= 0.6 is 0 Å². The average molecular weight is 244 g/mol. The minimum absolute atomic E-state index is 0.301. The van der Waals surface area contributed by atoms with Crippen LogP contribution in [-0.4, -0.2) is 14.9 Å². The van der Waals surface area contributed by atoms with Crippen LogP contribution in [0.15, 0.2) is 24.3 Å². The third-order valence-electron chi connectivity index (χ3n) is 3.22. The fourth-order valence-electron chi connectivity index (χ4n) is 1.97. The summed E-state index contributed by atoms with van der Waals surface area (Å²) in [6, 6.07) is 8.08. The van der Waals surface area contributed by atoms with Gasteiger partial charge in [0.25, 0.3) is 0 Å². The molecule has 1 aromatic carbocycles. The lowest BCUT2D eigenvalue weighted by molar-refractivity contribution is 0.467. The quantitative estimate of drug-likeness (QED) is 0.891. The van der Waals surface area contributed by atoms with Crippen LogP contribution in [0.2, 0.25) is 0 Å². The first kappa shape index (κ1) is 12.7. The third kappa shape index (κ3) is 2.40. The molecule has 0 unspecified atom stereocenters. The predicted octanol–water partition coefficient (Wildman–Crippen LogP) is 3.67. The van der Waals surface area contributed by atoms with Gasteiger partial charge in [-0.25, -0.2) is 0 Å². The average Bonchev–Trinajstić information content (AvgIpc) is 2.65.